The summed E-state index contributed by atoms with van der Waals surface area (Å²) >= 11 is 0. The van der Waals surface area contributed by atoms with Crippen molar-refractivity contribution in [3.63, 3.8) is 0 Å². The predicted molar refractivity (Wildman–Crippen MR) is 71.9 cm³/mol. The Balaban J connectivity index is 1.99. The van der Waals surface area contributed by atoms with E-state index >= 15 is 0 Å². The molecule has 2 rings (SSSR count). The number of carbonyl (C=O) groups is 1. The number of hydrogen-bond acceptors (Lipinski definition) is 4. The Morgan fingerprint density at radius 2 is 2.11 bits per heavy atom. The number of nitrogens with zero attached hydrogens (tertiary/aromatic N) is 1. The van der Waals surface area contributed by atoms with Crippen LogP contribution in [-0.4, -0.2) is 21.8 Å². The van der Waals surface area contributed by atoms with Crippen molar-refractivity contribution in [2.24, 2.45) is 0 Å². The standard InChI is InChI=1S/C14H22N2O3/c1-3-11-13(10(2)19-16-11)15-12(17)9-14(18)7-5-4-6-8-14/h18H,3-9H2,1-2H3,(H,15,17). The molecule has 1 heterocycles. The summed E-state index contributed by atoms with van der Waals surface area (Å²) < 4.78 is 5.08. The predicted octanol–water partition coefficient (Wildman–Crippen LogP) is 2.57. The molecule has 1 fully saturated rings. The van der Waals surface area contributed by atoms with Crippen LogP contribution in [0.2, 0.25) is 0 Å². The van der Waals surface area contributed by atoms with Gasteiger partial charge in [-0.25, -0.2) is 0 Å². The normalized spacial score (nSPS) is 18.3. The van der Waals surface area contributed by atoms with Crippen LogP contribution < -0.4 is 5.32 Å². The molecule has 0 unspecified atom stereocenters. The van der Waals surface area contributed by atoms with Gasteiger partial charge in [0.15, 0.2) is 5.76 Å². The molecule has 106 valence electrons. The average molecular weight is 266 g/mol. The van der Waals surface area contributed by atoms with Crippen LogP contribution >= 0.6 is 0 Å². The molecule has 0 aliphatic heterocycles. The molecule has 5 heteroatoms. The molecule has 1 aromatic heterocycles. The van der Waals surface area contributed by atoms with Crippen LogP contribution in [0.15, 0.2) is 4.52 Å². The maximum atomic E-state index is 12.1. The van der Waals surface area contributed by atoms with Gasteiger partial charge < -0.3 is 14.9 Å². The van der Waals surface area contributed by atoms with Gasteiger partial charge in [-0.05, 0) is 26.2 Å². The summed E-state index contributed by atoms with van der Waals surface area (Å²) in [5, 5.41) is 17.1. The third-order valence-corrected chi connectivity index (χ3v) is 3.81. The van der Waals surface area contributed by atoms with Gasteiger partial charge in [-0.15, -0.1) is 0 Å². The fourth-order valence-electron chi connectivity index (χ4n) is 2.69. The second-order valence-electron chi connectivity index (χ2n) is 5.42. The van der Waals surface area contributed by atoms with Crippen molar-refractivity contribution in [3.8, 4) is 0 Å². The maximum Gasteiger partial charge on any atom is 0.227 e. The number of aromatic nitrogens is 1. The summed E-state index contributed by atoms with van der Waals surface area (Å²) in [7, 11) is 0. The lowest BCUT2D eigenvalue weighted by atomic mass is 9.82. The Labute approximate surface area is 113 Å². The van der Waals surface area contributed by atoms with Crippen LogP contribution in [-0.2, 0) is 11.2 Å². The minimum absolute atomic E-state index is 0.154. The SMILES string of the molecule is CCc1noc(C)c1NC(=O)CC1(O)CCCCC1. The van der Waals surface area contributed by atoms with Crippen molar-refractivity contribution in [2.75, 3.05) is 5.32 Å². The number of aryl methyl sites for hydroxylation is 2. The summed E-state index contributed by atoms with van der Waals surface area (Å²) in [4.78, 5) is 12.1. The van der Waals surface area contributed by atoms with E-state index in [-0.39, 0.29) is 12.3 Å². The Morgan fingerprint density at radius 1 is 1.42 bits per heavy atom. The highest BCUT2D eigenvalue weighted by molar-refractivity contribution is 5.92. The zero-order valence-corrected chi connectivity index (χ0v) is 11.7. The van der Waals surface area contributed by atoms with Crippen LogP contribution in [0, 0.1) is 6.92 Å². The minimum atomic E-state index is -0.834. The number of anilines is 1. The van der Waals surface area contributed by atoms with Gasteiger partial charge in [-0.1, -0.05) is 31.3 Å². The van der Waals surface area contributed by atoms with Gasteiger partial charge in [0, 0.05) is 0 Å². The average Bonchev–Trinajstić information content (AvgIpc) is 2.70. The number of amides is 1. The quantitative estimate of drug-likeness (QED) is 0.878. The van der Waals surface area contributed by atoms with E-state index < -0.39 is 5.60 Å². The van der Waals surface area contributed by atoms with E-state index in [4.69, 9.17) is 4.52 Å². The largest absolute Gasteiger partial charge is 0.389 e. The second-order valence-corrected chi connectivity index (χ2v) is 5.42. The highest BCUT2D eigenvalue weighted by atomic mass is 16.5. The zero-order valence-electron chi connectivity index (χ0n) is 11.7. The van der Waals surface area contributed by atoms with Crippen molar-refractivity contribution in [1.82, 2.24) is 5.16 Å². The number of hydrogen-bond donors (Lipinski definition) is 2. The van der Waals surface area contributed by atoms with Gasteiger partial charge >= 0.3 is 0 Å². The second kappa shape index (κ2) is 5.74. The summed E-state index contributed by atoms with van der Waals surface area (Å²) in [6.07, 6.45) is 5.42. The molecular formula is C14H22N2O3. The Kier molecular flexibility index (Phi) is 4.24. The van der Waals surface area contributed by atoms with Crippen molar-refractivity contribution < 1.29 is 14.4 Å². The molecule has 0 bridgehead atoms. The Morgan fingerprint density at radius 3 is 2.74 bits per heavy atom. The molecule has 1 aromatic rings. The Hall–Kier alpha value is -1.36. The molecule has 0 aromatic carbocycles. The van der Waals surface area contributed by atoms with E-state index in [0.717, 1.165) is 25.0 Å². The molecule has 0 spiro atoms. The zero-order chi connectivity index (χ0) is 13.9. The first-order chi connectivity index (χ1) is 9.04. The van der Waals surface area contributed by atoms with E-state index in [1.54, 1.807) is 6.92 Å². The molecule has 0 saturated heterocycles. The van der Waals surface area contributed by atoms with Gasteiger partial charge in [0.1, 0.15) is 11.4 Å². The smallest absolute Gasteiger partial charge is 0.227 e. The molecule has 0 atom stereocenters. The van der Waals surface area contributed by atoms with Crippen LogP contribution in [0.3, 0.4) is 0 Å². The fraction of sp³-hybridized carbons (Fsp3) is 0.714. The topological polar surface area (TPSA) is 75.4 Å². The number of nitrogens with one attached hydrogen (secondary N) is 1. The molecule has 1 aliphatic rings. The van der Waals surface area contributed by atoms with Crippen molar-refractivity contribution in [2.45, 2.75) is 64.4 Å². The molecule has 2 N–H and O–H groups in total. The van der Waals surface area contributed by atoms with Crippen LogP contribution in [0.4, 0.5) is 5.69 Å². The number of aliphatic hydroxyl groups is 1. The molecule has 1 aliphatic carbocycles. The number of rotatable bonds is 4. The molecule has 1 amide bonds. The van der Waals surface area contributed by atoms with Crippen molar-refractivity contribution >= 4 is 11.6 Å². The van der Waals surface area contributed by atoms with Crippen LogP contribution in [0.25, 0.3) is 0 Å². The van der Waals surface area contributed by atoms with Gasteiger partial charge in [-0.2, -0.15) is 0 Å². The highest BCUT2D eigenvalue weighted by Crippen LogP contribution is 2.31. The molecule has 1 saturated carbocycles. The summed E-state index contributed by atoms with van der Waals surface area (Å²) in [5.74, 6) is 0.450. The van der Waals surface area contributed by atoms with Crippen molar-refractivity contribution in [3.05, 3.63) is 11.5 Å². The first-order valence-electron chi connectivity index (χ1n) is 7.01. The van der Waals surface area contributed by atoms with E-state index in [9.17, 15) is 9.90 Å². The van der Waals surface area contributed by atoms with Crippen LogP contribution in [0.1, 0.15) is 56.9 Å². The maximum absolute atomic E-state index is 12.1. The lowest BCUT2D eigenvalue weighted by molar-refractivity contribution is -0.122. The van der Waals surface area contributed by atoms with Gasteiger partial charge in [0.05, 0.1) is 12.0 Å². The lowest BCUT2D eigenvalue weighted by Gasteiger charge is -2.31. The third-order valence-electron chi connectivity index (χ3n) is 3.81. The molecule has 0 radical (unpaired) electrons. The van der Waals surface area contributed by atoms with Crippen LogP contribution in [0.5, 0.6) is 0 Å². The monoisotopic (exact) mass is 266 g/mol. The first-order valence-corrected chi connectivity index (χ1v) is 7.01. The molecule has 19 heavy (non-hydrogen) atoms. The van der Waals surface area contributed by atoms with Gasteiger partial charge in [0.25, 0.3) is 0 Å². The number of carbonyl (C=O) groups excluding carboxylic acids is 1. The molecular weight excluding hydrogens is 244 g/mol. The summed E-state index contributed by atoms with van der Waals surface area (Å²) in [6, 6.07) is 0. The van der Waals surface area contributed by atoms with E-state index in [0.29, 0.717) is 30.7 Å². The van der Waals surface area contributed by atoms with Gasteiger partial charge in [0.2, 0.25) is 5.91 Å². The minimum Gasteiger partial charge on any atom is -0.389 e. The third kappa shape index (κ3) is 3.35. The fourth-order valence-corrected chi connectivity index (χ4v) is 2.69. The molecule has 5 nitrogen and oxygen atoms in total. The first kappa shape index (κ1) is 14.1. The summed E-state index contributed by atoms with van der Waals surface area (Å²) in [5.41, 5.74) is 0.577. The van der Waals surface area contributed by atoms with E-state index in [1.807, 2.05) is 6.92 Å². The van der Waals surface area contributed by atoms with E-state index in [1.165, 1.54) is 0 Å². The van der Waals surface area contributed by atoms with E-state index in [2.05, 4.69) is 10.5 Å². The lowest BCUT2D eigenvalue weighted by Crippen LogP contribution is -2.36. The Bertz CT molecular complexity index is 448. The highest BCUT2D eigenvalue weighted by Gasteiger charge is 2.32. The van der Waals surface area contributed by atoms with Crippen molar-refractivity contribution in [1.29, 1.82) is 0 Å². The van der Waals surface area contributed by atoms with Gasteiger partial charge in [-0.3, -0.25) is 4.79 Å². The summed E-state index contributed by atoms with van der Waals surface area (Å²) in [6.45, 7) is 3.73.